The van der Waals surface area contributed by atoms with Crippen molar-refractivity contribution in [1.29, 1.82) is 0 Å². The van der Waals surface area contributed by atoms with E-state index in [2.05, 4.69) is 51.6 Å². The minimum Gasteiger partial charge on any atom is -0.339 e. The molecule has 1 heterocycles. The van der Waals surface area contributed by atoms with Gasteiger partial charge in [-0.25, -0.2) is 4.68 Å². The lowest BCUT2D eigenvalue weighted by molar-refractivity contribution is -0.130. The average Bonchev–Trinajstić information content (AvgIpc) is 3.41. The molecule has 0 aliphatic heterocycles. The molecule has 1 fully saturated rings. The van der Waals surface area contributed by atoms with E-state index in [1.807, 2.05) is 4.68 Å². The maximum absolute atomic E-state index is 13.0. The van der Waals surface area contributed by atoms with Crippen molar-refractivity contribution < 1.29 is 4.79 Å². The van der Waals surface area contributed by atoms with Crippen molar-refractivity contribution in [3.05, 3.63) is 35.4 Å². The molecule has 1 aromatic carbocycles. The molecule has 1 amide bonds. The highest BCUT2D eigenvalue weighted by Gasteiger charge is 2.30. The number of carbonyl (C=O) groups is 1. The van der Waals surface area contributed by atoms with Crippen LogP contribution in [0.1, 0.15) is 49.8 Å². The van der Waals surface area contributed by atoms with Gasteiger partial charge in [0, 0.05) is 12.6 Å². The van der Waals surface area contributed by atoms with Gasteiger partial charge in [-0.15, -0.1) is 5.10 Å². The average molecular weight is 372 g/mol. The fraction of sp³-hybridized carbons (Fsp3) is 0.579. The highest BCUT2D eigenvalue weighted by atomic mass is 32.2. The minimum atomic E-state index is 0.201. The smallest absolute Gasteiger partial charge is 0.233 e. The van der Waals surface area contributed by atoms with E-state index < -0.39 is 0 Å². The van der Waals surface area contributed by atoms with Crippen molar-refractivity contribution in [2.24, 2.45) is 0 Å². The molecule has 2 aliphatic carbocycles. The molecular weight excluding hydrogens is 346 g/mol. The van der Waals surface area contributed by atoms with Gasteiger partial charge in [0.1, 0.15) is 0 Å². The summed E-state index contributed by atoms with van der Waals surface area (Å²) in [6.45, 7) is 2.96. The van der Waals surface area contributed by atoms with Gasteiger partial charge in [-0.2, -0.15) is 0 Å². The number of thioether (sulfide) groups is 1. The Balaban J connectivity index is 1.41. The van der Waals surface area contributed by atoms with Crippen molar-refractivity contribution in [3.8, 4) is 0 Å². The van der Waals surface area contributed by atoms with Gasteiger partial charge in [0.2, 0.25) is 11.1 Å². The molecule has 6 nitrogen and oxygen atoms in total. The number of hydrogen-bond acceptors (Lipinski definition) is 5. The molecule has 26 heavy (non-hydrogen) atoms. The van der Waals surface area contributed by atoms with Crippen LogP contribution in [0.4, 0.5) is 0 Å². The Labute approximate surface area is 158 Å². The van der Waals surface area contributed by atoms with Crippen LogP contribution in [0.3, 0.4) is 0 Å². The first kappa shape index (κ1) is 17.5. The highest BCUT2D eigenvalue weighted by molar-refractivity contribution is 7.99. The molecule has 1 saturated carbocycles. The van der Waals surface area contributed by atoms with Gasteiger partial charge in [0.05, 0.1) is 11.8 Å². The number of aryl methyl sites for hydroxylation is 1. The van der Waals surface area contributed by atoms with E-state index in [0.717, 1.165) is 50.2 Å². The first-order chi connectivity index (χ1) is 12.8. The molecule has 1 aromatic heterocycles. The van der Waals surface area contributed by atoms with Crippen LogP contribution in [-0.2, 0) is 17.6 Å². The minimum absolute atomic E-state index is 0.201. The molecule has 7 heteroatoms. The van der Waals surface area contributed by atoms with E-state index in [0.29, 0.717) is 17.8 Å². The lowest BCUT2D eigenvalue weighted by Gasteiger charge is -2.35. The Kier molecular flexibility index (Phi) is 5.24. The monoisotopic (exact) mass is 371 g/mol. The Hall–Kier alpha value is -1.89. The highest BCUT2D eigenvalue weighted by Crippen LogP contribution is 2.36. The second-order valence-electron chi connectivity index (χ2n) is 7.18. The van der Waals surface area contributed by atoms with Gasteiger partial charge in [0.25, 0.3) is 0 Å². The largest absolute Gasteiger partial charge is 0.339 e. The van der Waals surface area contributed by atoms with Crippen molar-refractivity contribution >= 4 is 17.7 Å². The summed E-state index contributed by atoms with van der Waals surface area (Å²) in [6.07, 6.45) is 6.32. The van der Waals surface area contributed by atoms with E-state index in [-0.39, 0.29) is 5.91 Å². The first-order valence-corrected chi connectivity index (χ1v) is 10.5. The summed E-state index contributed by atoms with van der Waals surface area (Å²) in [5.41, 5.74) is 2.83. The van der Waals surface area contributed by atoms with E-state index >= 15 is 0 Å². The van der Waals surface area contributed by atoms with E-state index in [1.54, 1.807) is 0 Å². The number of hydrogen-bond donors (Lipinski definition) is 0. The van der Waals surface area contributed by atoms with E-state index in [4.69, 9.17) is 0 Å². The van der Waals surface area contributed by atoms with Gasteiger partial charge in [-0.05, 0) is 60.1 Å². The summed E-state index contributed by atoms with van der Waals surface area (Å²) in [5, 5.41) is 12.7. The fourth-order valence-electron chi connectivity index (χ4n) is 3.73. The number of tetrazole rings is 1. The van der Waals surface area contributed by atoms with Crippen LogP contribution in [0.5, 0.6) is 0 Å². The number of aromatic nitrogens is 4. The second-order valence-corrected chi connectivity index (χ2v) is 8.12. The maximum Gasteiger partial charge on any atom is 0.233 e. The maximum atomic E-state index is 13.0. The summed E-state index contributed by atoms with van der Waals surface area (Å²) in [7, 11) is 0. The van der Waals surface area contributed by atoms with Gasteiger partial charge in [-0.3, -0.25) is 4.79 Å². The Morgan fingerprint density at radius 2 is 2.08 bits per heavy atom. The zero-order valence-corrected chi connectivity index (χ0v) is 16.0. The summed E-state index contributed by atoms with van der Waals surface area (Å²) in [4.78, 5) is 15.1. The van der Waals surface area contributed by atoms with Crippen molar-refractivity contribution in [3.63, 3.8) is 0 Å². The Morgan fingerprint density at radius 3 is 2.85 bits per heavy atom. The number of benzene rings is 1. The molecule has 0 radical (unpaired) electrons. The normalized spacial score (nSPS) is 19.2. The van der Waals surface area contributed by atoms with Gasteiger partial charge in [-0.1, -0.05) is 43.0 Å². The molecule has 0 N–H and O–H groups in total. The van der Waals surface area contributed by atoms with Crippen molar-refractivity contribution in [1.82, 2.24) is 25.1 Å². The van der Waals surface area contributed by atoms with Crippen LogP contribution in [0.25, 0.3) is 0 Å². The van der Waals surface area contributed by atoms with Crippen LogP contribution < -0.4 is 0 Å². The summed E-state index contributed by atoms with van der Waals surface area (Å²) < 4.78 is 1.87. The molecule has 0 spiro atoms. The predicted molar refractivity (Wildman–Crippen MR) is 101 cm³/mol. The van der Waals surface area contributed by atoms with Gasteiger partial charge < -0.3 is 4.90 Å². The summed E-state index contributed by atoms with van der Waals surface area (Å²) >= 11 is 1.47. The third kappa shape index (κ3) is 3.77. The molecule has 0 bridgehead atoms. The van der Waals surface area contributed by atoms with E-state index in [9.17, 15) is 4.79 Å². The zero-order valence-electron chi connectivity index (χ0n) is 15.2. The molecule has 1 atom stereocenters. The van der Waals surface area contributed by atoms with Crippen molar-refractivity contribution in [2.75, 3.05) is 12.3 Å². The lowest BCUT2D eigenvalue weighted by Crippen LogP contribution is -2.44. The standard InChI is InChI=1S/C19H25N5OS/c1-2-11-23(17-8-7-14-5-3-4-6-15(14)12-17)18(25)13-26-19-20-21-22-24(19)16-9-10-16/h3-6,16-17H,2,7-13H2,1H3. The van der Waals surface area contributed by atoms with Crippen LogP contribution in [0.2, 0.25) is 0 Å². The zero-order chi connectivity index (χ0) is 17.9. The lowest BCUT2D eigenvalue weighted by atomic mass is 9.87. The number of rotatable bonds is 7. The fourth-order valence-corrected chi connectivity index (χ4v) is 4.56. The number of nitrogens with zero attached hydrogens (tertiary/aromatic N) is 5. The third-order valence-electron chi connectivity index (χ3n) is 5.23. The van der Waals surface area contributed by atoms with Gasteiger partial charge >= 0.3 is 0 Å². The summed E-state index contributed by atoms with van der Waals surface area (Å²) in [5.74, 6) is 0.609. The Morgan fingerprint density at radius 1 is 1.27 bits per heavy atom. The molecule has 2 aromatic rings. The van der Waals surface area contributed by atoms with Crippen molar-refractivity contribution in [2.45, 2.75) is 62.7 Å². The Bertz CT molecular complexity index is 773. The van der Waals surface area contributed by atoms with Crippen LogP contribution in [0.15, 0.2) is 29.4 Å². The molecule has 4 rings (SSSR count). The van der Waals surface area contributed by atoms with Crippen LogP contribution >= 0.6 is 11.8 Å². The molecule has 138 valence electrons. The predicted octanol–water partition coefficient (Wildman–Crippen LogP) is 2.90. The van der Waals surface area contributed by atoms with Crippen LogP contribution in [0, 0.1) is 0 Å². The molecule has 0 saturated heterocycles. The van der Waals surface area contributed by atoms with Gasteiger partial charge in [0.15, 0.2) is 0 Å². The van der Waals surface area contributed by atoms with Crippen LogP contribution in [-0.4, -0.2) is 49.4 Å². The topological polar surface area (TPSA) is 63.9 Å². The SMILES string of the molecule is CCCN(C(=O)CSc1nnnn1C1CC1)C1CCc2ccccc2C1. The third-order valence-corrected chi connectivity index (χ3v) is 6.14. The second kappa shape index (κ2) is 7.78. The summed E-state index contributed by atoms with van der Waals surface area (Å²) in [6, 6.07) is 9.36. The van der Waals surface area contributed by atoms with E-state index in [1.165, 1.54) is 22.9 Å². The first-order valence-electron chi connectivity index (χ1n) is 9.53. The molecule has 1 unspecified atom stereocenters. The quantitative estimate of drug-likeness (QED) is 0.700. The number of fused-ring (bicyclic) bond motifs is 1. The molecule has 2 aliphatic rings. The number of carbonyl (C=O) groups excluding carboxylic acids is 1. The molecular formula is C19H25N5OS. The number of amides is 1.